The summed E-state index contributed by atoms with van der Waals surface area (Å²) in [7, 11) is 0. The third kappa shape index (κ3) is 3.85. The summed E-state index contributed by atoms with van der Waals surface area (Å²) >= 11 is 0. The second-order valence-corrected chi connectivity index (χ2v) is 5.32. The maximum atomic E-state index is 12.7. The number of nitrogens with zero attached hydrogens (tertiary/aromatic N) is 1. The van der Waals surface area contributed by atoms with Crippen molar-refractivity contribution in [3.8, 4) is 11.1 Å². The van der Waals surface area contributed by atoms with Crippen LogP contribution in [0.5, 0.6) is 0 Å². The molecule has 0 radical (unpaired) electrons. The van der Waals surface area contributed by atoms with Gasteiger partial charge in [0.15, 0.2) is 0 Å². The van der Waals surface area contributed by atoms with E-state index in [4.69, 9.17) is 0 Å². The molecule has 0 aliphatic carbocycles. The van der Waals surface area contributed by atoms with Gasteiger partial charge in [0.25, 0.3) is 5.91 Å². The number of halogens is 3. The number of carbonyl (C=O) groups excluding carboxylic acids is 1. The molecule has 25 heavy (non-hydrogen) atoms. The van der Waals surface area contributed by atoms with Gasteiger partial charge in [-0.1, -0.05) is 30.3 Å². The molecule has 0 fully saturated rings. The fourth-order valence-corrected chi connectivity index (χ4v) is 2.41. The molecule has 0 unspecified atom stereocenters. The number of carbonyl (C=O) groups is 1. The second-order valence-electron chi connectivity index (χ2n) is 5.32. The summed E-state index contributed by atoms with van der Waals surface area (Å²) in [5, 5.41) is 2.72. The number of aromatic nitrogens is 1. The standard InChI is InChI=1S/C19H13F3N2O/c20-19(21,22)14-9-7-13(8-10-14)16-5-1-2-6-17(16)18(25)24-15-4-3-11-23-12-15/h1-12H,(H,24,25). The summed E-state index contributed by atoms with van der Waals surface area (Å²) in [5.41, 5.74) is 1.26. The number of hydrogen-bond donors (Lipinski definition) is 1. The maximum absolute atomic E-state index is 12.7. The molecular formula is C19H13F3N2O. The number of hydrogen-bond acceptors (Lipinski definition) is 2. The monoisotopic (exact) mass is 342 g/mol. The lowest BCUT2D eigenvalue weighted by Crippen LogP contribution is -2.13. The average Bonchev–Trinajstić information content (AvgIpc) is 2.62. The fourth-order valence-electron chi connectivity index (χ4n) is 2.41. The number of rotatable bonds is 3. The van der Waals surface area contributed by atoms with E-state index in [9.17, 15) is 18.0 Å². The molecule has 0 spiro atoms. The Morgan fingerprint density at radius 2 is 1.64 bits per heavy atom. The van der Waals surface area contributed by atoms with E-state index >= 15 is 0 Å². The summed E-state index contributed by atoms with van der Waals surface area (Å²) in [6, 6.07) is 14.9. The molecule has 1 N–H and O–H groups in total. The molecule has 0 saturated carbocycles. The molecule has 126 valence electrons. The van der Waals surface area contributed by atoms with Crippen LogP contribution in [0, 0.1) is 0 Å². The van der Waals surface area contributed by atoms with Gasteiger partial charge >= 0.3 is 6.18 Å². The quantitative estimate of drug-likeness (QED) is 0.726. The van der Waals surface area contributed by atoms with Crippen LogP contribution < -0.4 is 5.32 Å². The Balaban J connectivity index is 1.92. The van der Waals surface area contributed by atoms with Crippen molar-refractivity contribution in [1.82, 2.24) is 4.98 Å². The van der Waals surface area contributed by atoms with Crippen molar-refractivity contribution in [2.24, 2.45) is 0 Å². The highest BCUT2D eigenvalue weighted by Crippen LogP contribution is 2.32. The zero-order valence-corrected chi connectivity index (χ0v) is 12.9. The van der Waals surface area contributed by atoms with Crippen LogP contribution in [0.1, 0.15) is 15.9 Å². The zero-order chi connectivity index (χ0) is 17.9. The van der Waals surface area contributed by atoms with E-state index in [2.05, 4.69) is 10.3 Å². The number of amides is 1. The lowest BCUT2D eigenvalue weighted by atomic mass is 9.98. The lowest BCUT2D eigenvalue weighted by molar-refractivity contribution is -0.137. The molecule has 0 aliphatic rings. The highest BCUT2D eigenvalue weighted by molar-refractivity contribution is 6.08. The van der Waals surface area contributed by atoms with Gasteiger partial charge in [0.05, 0.1) is 17.4 Å². The predicted octanol–water partition coefficient (Wildman–Crippen LogP) is 5.02. The molecule has 3 aromatic rings. The maximum Gasteiger partial charge on any atom is 0.416 e. The fraction of sp³-hybridized carbons (Fsp3) is 0.0526. The minimum absolute atomic E-state index is 0.358. The van der Waals surface area contributed by atoms with Crippen molar-refractivity contribution < 1.29 is 18.0 Å². The van der Waals surface area contributed by atoms with Crippen LogP contribution >= 0.6 is 0 Å². The van der Waals surface area contributed by atoms with Crippen molar-refractivity contribution in [2.75, 3.05) is 5.32 Å². The minimum Gasteiger partial charge on any atom is -0.321 e. The first-order chi connectivity index (χ1) is 11.9. The van der Waals surface area contributed by atoms with Crippen molar-refractivity contribution in [3.05, 3.63) is 84.2 Å². The Morgan fingerprint density at radius 3 is 2.28 bits per heavy atom. The smallest absolute Gasteiger partial charge is 0.321 e. The summed E-state index contributed by atoms with van der Waals surface area (Å²) in [4.78, 5) is 16.4. The third-order valence-corrected chi connectivity index (χ3v) is 3.61. The molecule has 0 atom stereocenters. The van der Waals surface area contributed by atoms with Crippen molar-refractivity contribution in [1.29, 1.82) is 0 Å². The van der Waals surface area contributed by atoms with E-state index < -0.39 is 11.7 Å². The Hall–Kier alpha value is -3.15. The Kier molecular flexibility index (Phi) is 4.52. The topological polar surface area (TPSA) is 42.0 Å². The molecule has 1 amide bonds. The van der Waals surface area contributed by atoms with Gasteiger partial charge in [-0.3, -0.25) is 9.78 Å². The Bertz CT molecular complexity index is 875. The average molecular weight is 342 g/mol. The number of pyridine rings is 1. The Labute approximate surface area is 142 Å². The van der Waals surface area contributed by atoms with Crippen molar-refractivity contribution in [3.63, 3.8) is 0 Å². The molecular weight excluding hydrogens is 329 g/mol. The van der Waals surface area contributed by atoms with Gasteiger partial charge in [-0.05, 0) is 41.5 Å². The van der Waals surface area contributed by atoms with Crippen LogP contribution in [0.15, 0.2) is 73.1 Å². The van der Waals surface area contributed by atoms with E-state index in [1.54, 1.807) is 42.6 Å². The number of anilines is 1. The number of benzene rings is 2. The van der Waals surface area contributed by atoms with Gasteiger partial charge in [0.2, 0.25) is 0 Å². The predicted molar refractivity (Wildman–Crippen MR) is 89.1 cm³/mol. The number of alkyl halides is 3. The van der Waals surface area contributed by atoms with Gasteiger partial charge in [-0.2, -0.15) is 13.2 Å². The van der Waals surface area contributed by atoms with Crippen molar-refractivity contribution in [2.45, 2.75) is 6.18 Å². The third-order valence-electron chi connectivity index (χ3n) is 3.61. The summed E-state index contributed by atoms with van der Waals surface area (Å²) in [6.45, 7) is 0. The van der Waals surface area contributed by atoms with Gasteiger partial charge in [0.1, 0.15) is 0 Å². The van der Waals surface area contributed by atoms with Gasteiger partial charge in [-0.25, -0.2) is 0 Å². The first-order valence-electron chi connectivity index (χ1n) is 7.43. The molecule has 0 bridgehead atoms. The van der Waals surface area contributed by atoms with Crippen LogP contribution in [0.2, 0.25) is 0 Å². The van der Waals surface area contributed by atoms with Gasteiger partial charge in [-0.15, -0.1) is 0 Å². The van der Waals surface area contributed by atoms with Gasteiger partial charge in [0, 0.05) is 11.8 Å². The van der Waals surface area contributed by atoms with Crippen LogP contribution in [0.25, 0.3) is 11.1 Å². The van der Waals surface area contributed by atoms with Crippen LogP contribution in [0.3, 0.4) is 0 Å². The molecule has 2 aromatic carbocycles. The molecule has 1 aromatic heterocycles. The van der Waals surface area contributed by atoms with Crippen LogP contribution in [-0.4, -0.2) is 10.9 Å². The van der Waals surface area contributed by atoms with Gasteiger partial charge < -0.3 is 5.32 Å². The highest BCUT2D eigenvalue weighted by atomic mass is 19.4. The molecule has 1 heterocycles. The zero-order valence-electron chi connectivity index (χ0n) is 12.9. The van der Waals surface area contributed by atoms with E-state index in [1.807, 2.05) is 0 Å². The van der Waals surface area contributed by atoms with E-state index in [-0.39, 0.29) is 5.91 Å². The lowest BCUT2D eigenvalue weighted by Gasteiger charge is -2.12. The first kappa shape index (κ1) is 16.7. The second kappa shape index (κ2) is 6.76. The summed E-state index contributed by atoms with van der Waals surface area (Å²) in [5.74, 6) is -0.358. The van der Waals surface area contributed by atoms with E-state index in [1.165, 1.54) is 18.3 Å². The molecule has 3 rings (SSSR count). The minimum atomic E-state index is -4.39. The summed E-state index contributed by atoms with van der Waals surface area (Å²) in [6.07, 6.45) is -1.29. The Morgan fingerprint density at radius 1 is 0.920 bits per heavy atom. The summed E-state index contributed by atoms with van der Waals surface area (Å²) < 4.78 is 38.1. The molecule has 3 nitrogen and oxygen atoms in total. The largest absolute Gasteiger partial charge is 0.416 e. The number of nitrogens with one attached hydrogen (secondary N) is 1. The van der Waals surface area contributed by atoms with E-state index in [0.29, 0.717) is 22.4 Å². The SMILES string of the molecule is O=C(Nc1cccnc1)c1ccccc1-c1ccc(C(F)(F)F)cc1. The highest BCUT2D eigenvalue weighted by Gasteiger charge is 2.30. The molecule has 6 heteroatoms. The first-order valence-corrected chi connectivity index (χ1v) is 7.43. The normalized spacial score (nSPS) is 11.2. The van der Waals surface area contributed by atoms with Crippen LogP contribution in [0.4, 0.5) is 18.9 Å². The van der Waals surface area contributed by atoms with Crippen molar-refractivity contribution >= 4 is 11.6 Å². The van der Waals surface area contributed by atoms with E-state index in [0.717, 1.165) is 12.1 Å². The molecule has 0 aliphatic heterocycles. The van der Waals surface area contributed by atoms with Crippen LogP contribution in [-0.2, 0) is 6.18 Å². The molecule has 0 saturated heterocycles.